The van der Waals surface area contributed by atoms with Gasteiger partial charge in [-0.1, -0.05) is 6.07 Å². The first kappa shape index (κ1) is 14.0. The first-order valence-electron chi connectivity index (χ1n) is 5.58. The van der Waals surface area contributed by atoms with Gasteiger partial charge in [-0.2, -0.15) is 5.26 Å². The molecule has 1 aromatic heterocycles. The Balaban J connectivity index is 2.50. The van der Waals surface area contributed by atoms with Crippen LogP contribution in [0.4, 0.5) is 10.1 Å². The van der Waals surface area contributed by atoms with E-state index in [1.54, 1.807) is 19.1 Å². The van der Waals surface area contributed by atoms with Gasteiger partial charge in [0.2, 0.25) is 0 Å². The Hall–Kier alpha value is -2.46. The Kier molecular flexibility index (Phi) is 3.68. The summed E-state index contributed by atoms with van der Waals surface area (Å²) in [6.45, 7) is 1.70. The van der Waals surface area contributed by atoms with Crippen molar-refractivity contribution < 1.29 is 12.8 Å². The van der Waals surface area contributed by atoms with Gasteiger partial charge in [0.1, 0.15) is 22.3 Å². The van der Waals surface area contributed by atoms with E-state index in [2.05, 4.69) is 9.71 Å². The van der Waals surface area contributed by atoms with Crippen LogP contribution in [0.25, 0.3) is 0 Å². The second-order valence-electron chi connectivity index (χ2n) is 4.02. The summed E-state index contributed by atoms with van der Waals surface area (Å²) in [5.74, 6) is -0.877. The normalized spacial score (nSPS) is 10.8. The largest absolute Gasteiger partial charge is 0.278 e. The molecule has 0 saturated heterocycles. The van der Waals surface area contributed by atoms with Gasteiger partial charge in [0.05, 0.1) is 11.9 Å². The van der Waals surface area contributed by atoms with Crippen molar-refractivity contribution in [3.63, 3.8) is 0 Å². The van der Waals surface area contributed by atoms with Crippen LogP contribution in [0.1, 0.15) is 11.1 Å². The van der Waals surface area contributed by atoms with Gasteiger partial charge < -0.3 is 0 Å². The molecule has 2 aromatic rings. The first-order valence-corrected chi connectivity index (χ1v) is 7.06. The van der Waals surface area contributed by atoms with Crippen LogP contribution in [0.2, 0.25) is 0 Å². The zero-order valence-corrected chi connectivity index (χ0v) is 11.3. The Morgan fingerprint density at radius 1 is 1.35 bits per heavy atom. The predicted molar refractivity (Wildman–Crippen MR) is 70.9 cm³/mol. The van der Waals surface area contributed by atoms with Crippen LogP contribution < -0.4 is 4.72 Å². The zero-order valence-electron chi connectivity index (χ0n) is 10.5. The summed E-state index contributed by atoms with van der Waals surface area (Å²) < 4.78 is 40.2. The molecule has 0 unspecified atom stereocenters. The average Bonchev–Trinajstić information content (AvgIpc) is 2.41. The standard InChI is InChI=1S/C13H10FN3O2S/c1-9-5-6-16-8-12(9)17-20(18,19)13-4-2-3-11(14)10(13)7-15/h2-6,8,17H,1H3. The molecule has 0 atom stereocenters. The number of hydrogen-bond donors (Lipinski definition) is 1. The summed E-state index contributed by atoms with van der Waals surface area (Å²) in [7, 11) is -4.05. The summed E-state index contributed by atoms with van der Waals surface area (Å²) >= 11 is 0. The number of rotatable bonds is 3. The highest BCUT2D eigenvalue weighted by atomic mass is 32.2. The lowest BCUT2D eigenvalue weighted by molar-refractivity contribution is 0.593. The Labute approximate surface area is 115 Å². The SMILES string of the molecule is Cc1ccncc1NS(=O)(=O)c1cccc(F)c1C#N. The lowest BCUT2D eigenvalue weighted by Crippen LogP contribution is -2.16. The van der Waals surface area contributed by atoms with Crippen LogP contribution >= 0.6 is 0 Å². The van der Waals surface area contributed by atoms with E-state index in [9.17, 15) is 12.8 Å². The fourth-order valence-electron chi connectivity index (χ4n) is 1.61. The van der Waals surface area contributed by atoms with Gasteiger partial charge in [-0.15, -0.1) is 0 Å². The number of benzene rings is 1. The molecule has 0 radical (unpaired) electrons. The van der Waals surface area contributed by atoms with E-state index in [0.717, 1.165) is 6.07 Å². The molecule has 2 rings (SSSR count). The maximum atomic E-state index is 13.5. The number of nitrogens with one attached hydrogen (secondary N) is 1. The molecule has 0 fully saturated rings. The molecule has 0 aliphatic carbocycles. The molecule has 102 valence electrons. The zero-order chi connectivity index (χ0) is 14.8. The summed E-state index contributed by atoms with van der Waals surface area (Å²) in [6.07, 6.45) is 2.87. The second-order valence-corrected chi connectivity index (χ2v) is 5.67. The van der Waals surface area contributed by atoms with Crippen LogP contribution in [0, 0.1) is 24.1 Å². The second kappa shape index (κ2) is 5.27. The fraction of sp³-hybridized carbons (Fsp3) is 0.0769. The van der Waals surface area contributed by atoms with Crippen molar-refractivity contribution in [3.05, 3.63) is 53.6 Å². The summed E-state index contributed by atoms with van der Waals surface area (Å²) in [6, 6.07) is 6.64. The van der Waals surface area contributed by atoms with Gasteiger partial charge in [-0.25, -0.2) is 12.8 Å². The number of aryl methyl sites for hydroxylation is 1. The van der Waals surface area contributed by atoms with Crippen LogP contribution in [0.3, 0.4) is 0 Å². The molecule has 20 heavy (non-hydrogen) atoms. The highest BCUT2D eigenvalue weighted by molar-refractivity contribution is 7.92. The van der Waals surface area contributed by atoms with Crippen LogP contribution in [0.5, 0.6) is 0 Å². The average molecular weight is 291 g/mol. The van der Waals surface area contributed by atoms with E-state index in [-0.39, 0.29) is 5.69 Å². The van der Waals surface area contributed by atoms with Gasteiger partial charge in [-0.3, -0.25) is 9.71 Å². The van der Waals surface area contributed by atoms with Gasteiger partial charge in [0.25, 0.3) is 10.0 Å². The minimum Gasteiger partial charge on any atom is -0.278 e. The lowest BCUT2D eigenvalue weighted by atomic mass is 10.2. The van der Waals surface area contributed by atoms with Gasteiger partial charge in [-0.05, 0) is 30.7 Å². The highest BCUT2D eigenvalue weighted by Crippen LogP contribution is 2.22. The number of hydrogen-bond acceptors (Lipinski definition) is 4. The Morgan fingerprint density at radius 2 is 2.10 bits per heavy atom. The van der Waals surface area contributed by atoms with Crippen molar-refractivity contribution in [2.24, 2.45) is 0 Å². The number of anilines is 1. The minimum atomic E-state index is -4.05. The lowest BCUT2D eigenvalue weighted by Gasteiger charge is -2.11. The molecule has 7 heteroatoms. The number of sulfonamides is 1. The quantitative estimate of drug-likeness (QED) is 0.939. The summed E-state index contributed by atoms with van der Waals surface area (Å²) in [5, 5.41) is 8.89. The molecule has 5 nitrogen and oxygen atoms in total. The smallest absolute Gasteiger partial charge is 0.263 e. The monoisotopic (exact) mass is 291 g/mol. The van der Waals surface area contributed by atoms with E-state index in [4.69, 9.17) is 5.26 Å². The Bertz CT molecular complexity index is 798. The van der Waals surface area contributed by atoms with Gasteiger partial charge in [0.15, 0.2) is 0 Å². The number of aromatic nitrogens is 1. The molecule has 1 N–H and O–H groups in total. The van der Waals surface area contributed by atoms with Crippen molar-refractivity contribution in [3.8, 4) is 6.07 Å². The van der Waals surface area contributed by atoms with Crippen LogP contribution in [-0.4, -0.2) is 13.4 Å². The third-order valence-electron chi connectivity index (χ3n) is 2.66. The van der Waals surface area contributed by atoms with E-state index in [0.29, 0.717) is 5.56 Å². The van der Waals surface area contributed by atoms with E-state index in [1.165, 1.54) is 24.5 Å². The molecule has 0 aliphatic heterocycles. The molecule has 0 saturated carbocycles. The fourth-order valence-corrected chi connectivity index (χ4v) is 2.89. The third kappa shape index (κ3) is 2.60. The van der Waals surface area contributed by atoms with Crippen molar-refractivity contribution in [1.29, 1.82) is 5.26 Å². The molecular formula is C13H10FN3O2S. The molecule has 1 heterocycles. The van der Waals surface area contributed by atoms with Crippen LogP contribution in [-0.2, 0) is 10.0 Å². The number of nitriles is 1. The molecule has 1 aromatic carbocycles. The summed E-state index contributed by atoms with van der Waals surface area (Å²) in [5.41, 5.74) is 0.431. The van der Waals surface area contributed by atoms with Gasteiger partial charge >= 0.3 is 0 Å². The Morgan fingerprint density at radius 3 is 2.75 bits per heavy atom. The molecule has 0 amide bonds. The highest BCUT2D eigenvalue weighted by Gasteiger charge is 2.21. The van der Waals surface area contributed by atoms with E-state index < -0.39 is 26.3 Å². The van der Waals surface area contributed by atoms with Crippen molar-refractivity contribution in [1.82, 2.24) is 4.98 Å². The molecule has 0 bridgehead atoms. The topological polar surface area (TPSA) is 82.8 Å². The number of halogens is 1. The van der Waals surface area contributed by atoms with E-state index >= 15 is 0 Å². The minimum absolute atomic E-state index is 0.278. The molecule has 0 spiro atoms. The third-order valence-corrected chi connectivity index (χ3v) is 4.07. The summed E-state index contributed by atoms with van der Waals surface area (Å²) in [4.78, 5) is 3.42. The van der Waals surface area contributed by atoms with E-state index in [1.807, 2.05) is 0 Å². The first-order chi connectivity index (χ1) is 9.45. The molecular weight excluding hydrogens is 281 g/mol. The maximum Gasteiger partial charge on any atom is 0.263 e. The number of pyridine rings is 1. The van der Waals surface area contributed by atoms with Gasteiger partial charge in [0, 0.05) is 6.20 Å². The molecule has 0 aliphatic rings. The van der Waals surface area contributed by atoms with Crippen LogP contribution in [0.15, 0.2) is 41.6 Å². The number of nitrogens with zero attached hydrogens (tertiary/aromatic N) is 2. The van der Waals surface area contributed by atoms with Crippen molar-refractivity contribution in [2.75, 3.05) is 4.72 Å². The van der Waals surface area contributed by atoms with Crippen molar-refractivity contribution >= 4 is 15.7 Å². The predicted octanol–water partition coefficient (Wildman–Crippen LogP) is 2.20. The van der Waals surface area contributed by atoms with Crippen molar-refractivity contribution in [2.45, 2.75) is 11.8 Å². The maximum absolute atomic E-state index is 13.5.